The summed E-state index contributed by atoms with van der Waals surface area (Å²) in [6.45, 7) is 8.89. The van der Waals surface area contributed by atoms with Crippen LogP contribution in [0.3, 0.4) is 0 Å². The molecule has 0 unspecified atom stereocenters. The second kappa shape index (κ2) is 29.5. The Balaban J connectivity index is 1.11. The molecular formula is C59H76N6O12S6. The summed E-state index contributed by atoms with van der Waals surface area (Å²) in [5.74, 6) is 0. The van der Waals surface area contributed by atoms with E-state index in [1.807, 2.05) is 34.6 Å². The Morgan fingerprint density at radius 3 is 0.892 bits per heavy atom. The minimum atomic E-state index is -4.29. The molecule has 0 saturated carbocycles. The molecule has 6 aromatic rings. The van der Waals surface area contributed by atoms with E-state index in [1.165, 1.54) is 81.4 Å². The molecule has 0 atom stereocenters. The summed E-state index contributed by atoms with van der Waals surface area (Å²) in [4.78, 5) is -0.0642. The van der Waals surface area contributed by atoms with E-state index in [2.05, 4.69) is 9.12 Å². The summed E-state index contributed by atoms with van der Waals surface area (Å²) in [6.07, 6.45) is 5.19. The fourth-order valence-corrected chi connectivity index (χ4v) is 16.4. The fourth-order valence-electron chi connectivity index (χ4n) is 8.81. The lowest BCUT2D eigenvalue weighted by molar-refractivity contribution is 0.339. The average Bonchev–Trinajstić information content (AvgIpc) is 3.44. The van der Waals surface area contributed by atoms with Gasteiger partial charge in [-0.05, 0) is 127 Å². The first-order valence-electron chi connectivity index (χ1n) is 27.3. The lowest BCUT2D eigenvalue weighted by Gasteiger charge is -2.27. The number of nitrogens with one attached hydrogen (secondary N) is 1. The lowest BCUT2D eigenvalue weighted by Crippen LogP contribution is -2.44. The lowest BCUT2D eigenvalue weighted by atomic mass is 10.1. The van der Waals surface area contributed by atoms with E-state index >= 15 is 0 Å². The SMILES string of the molecule is Cc1ccc(S(=O)(=O)/N=C/CN(CCN(CCCCCCCCCN(CCN(CCNS(=O)(=O)c2ccc(C)cc2)S(=O)(=O)c2ccc(C)cc2)S(=O)(=O)c2ccc(C)cc2)S(=O)(=O)c2ccc(C)cc2)S(=O)(=O)c2ccc(C)cc2)cc1. The zero-order chi connectivity index (χ0) is 60.6. The Morgan fingerprint density at radius 1 is 0.313 bits per heavy atom. The van der Waals surface area contributed by atoms with Gasteiger partial charge in [0, 0.05) is 58.6 Å². The van der Waals surface area contributed by atoms with Gasteiger partial charge in [0.2, 0.25) is 50.1 Å². The average molecular weight is 1250 g/mol. The van der Waals surface area contributed by atoms with Gasteiger partial charge in [0.15, 0.2) is 0 Å². The highest BCUT2D eigenvalue weighted by molar-refractivity contribution is 7.91. The molecule has 1 N–H and O–H groups in total. The van der Waals surface area contributed by atoms with Crippen LogP contribution in [0.4, 0.5) is 0 Å². The third-order valence-corrected chi connectivity index (χ3v) is 24.3. The minimum Gasteiger partial charge on any atom is -0.210 e. The van der Waals surface area contributed by atoms with E-state index in [0.29, 0.717) is 38.5 Å². The zero-order valence-corrected chi connectivity index (χ0v) is 52.7. The van der Waals surface area contributed by atoms with Crippen molar-refractivity contribution in [3.8, 4) is 0 Å². The van der Waals surface area contributed by atoms with Crippen molar-refractivity contribution < 1.29 is 50.5 Å². The van der Waals surface area contributed by atoms with Gasteiger partial charge in [-0.1, -0.05) is 138 Å². The Morgan fingerprint density at radius 2 is 0.566 bits per heavy atom. The number of benzene rings is 6. The van der Waals surface area contributed by atoms with Crippen molar-refractivity contribution in [1.29, 1.82) is 0 Å². The Hall–Kier alpha value is -5.51. The highest BCUT2D eigenvalue weighted by atomic mass is 32.2. The van der Waals surface area contributed by atoms with Crippen LogP contribution in [-0.2, 0) is 60.1 Å². The molecule has 83 heavy (non-hydrogen) atoms. The van der Waals surface area contributed by atoms with Crippen LogP contribution in [-0.4, -0.2) is 133 Å². The van der Waals surface area contributed by atoms with Crippen molar-refractivity contribution in [2.24, 2.45) is 4.40 Å². The normalized spacial score (nSPS) is 13.0. The molecule has 0 aliphatic rings. The van der Waals surface area contributed by atoms with Crippen molar-refractivity contribution in [2.75, 3.05) is 58.9 Å². The molecule has 0 spiro atoms. The van der Waals surface area contributed by atoms with Crippen LogP contribution >= 0.6 is 0 Å². The van der Waals surface area contributed by atoms with E-state index in [1.54, 1.807) is 79.7 Å². The van der Waals surface area contributed by atoms with Gasteiger partial charge in [0.05, 0.1) is 35.9 Å². The van der Waals surface area contributed by atoms with Crippen molar-refractivity contribution in [2.45, 2.75) is 116 Å². The van der Waals surface area contributed by atoms with Crippen molar-refractivity contribution in [3.05, 3.63) is 179 Å². The summed E-state index contributed by atoms with van der Waals surface area (Å²) in [5, 5.41) is 0. The second-order valence-corrected chi connectivity index (χ2v) is 31.7. The summed E-state index contributed by atoms with van der Waals surface area (Å²) in [5.41, 5.74) is 5.04. The number of aryl methyl sites for hydroxylation is 6. The van der Waals surface area contributed by atoms with Crippen LogP contribution in [0.1, 0.15) is 78.3 Å². The predicted octanol–water partition coefficient (Wildman–Crippen LogP) is 8.77. The third kappa shape index (κ3) is 18.7. The molecule has 18 nitrogen and oxygen atoms in total. The molecule has 0 aliphatic heterocycles. The number of hydrogen-bond acceptors (Lipinski definition) is 12. The molecule has 450 valence electrons. The molecule has 0 fully saturated rings. The van der Waals surface area contributed by atoms with E-state index in [9.17, 15) is 50.5 Å². The Labute approximate surface area is 493 Å². The molecule has 0 heterocycles. The molecular weight excluding hydrogens is 1180 g/mol. The maximum Gasteiger partial charge on any atom is 0.282 e. The van der Waals surface area contributed by atoms with Crippen LogP contribution in [0.5, 0.6) is 0 Å². The van der Waals surface area contributed by atoms with Crippen LogP contribution in [0, 0.1) is 41.5 Å². The first-order chi connectivity index (χ1) is 39.1. The second-order valence-electron chi connectivity index (χ2n) is 20.6. The van der Waals surface area contributed by atoms with Crippen LogP contribution in [0.15, 0.2) is 179 Å². The highest BCUT2D eigenvalue weighted by Gasteiger charge is 2.31. The molecule has 0 aliphatic carbocycles. The molecule has 0 saturated heterocycles. The van der Waals surface area contributed by atoms with E-state index in [0.717, 1.165) is 54.6 Å². The number of unbranched alkanes of at least 4 members (excludes halogenated alkanes) is 6. The van der Waals surface area contributed by atoms with Gasteiger partial charge in [-0.3, -0.25) is 0 Å². The largest absolute Gasteiger partial charge is 0.282 e. The van der Waals surface area contributed by atoms with Gasteiger partial charge in [-0.2, -0.15) is 30.0 Å². The van der Waals surface area contributed by atoms with Crippen LogP contribution in [0.25, 0.3) is 0 Å². The van der Waals surface area contributed by atoms with Crippen LogP contribution < -0.4 is 4.72 Å². The van der Waals surface area contributed by atoms with Gasteiger partial charge in [-0.15, -0.1) is 0 Å². The molecule has 0 bridgehead atoms. The quantitative estimate of drug-likeness (QED) is 0.0300. The van der Waals surface area contributed by atoms with E-state index < -0.39 is 66.7 Å². The number of nitrogens with zero attached hydrogens (tertiary/aromatic N) is 5. The molecule has 0 aromatic heterocycles. The number of hydrogen-bond donors (Lipinski definition) is 1. The number of sulfonamides is 6. The van der Waals surface area contributed by atoms with Gasteiger partial charge in [0.25, 0.3) is 10.0 Å². The van der Waals surface area contributed by atoms with Gasteiger partial charge in [-0.25, -0.2) is 46.8 Å². The first-order valence-corrected chi connectivity index (χ1v) is 36.0. The minimum absolute atomic E-state index is 0.0175. The highest BCUT2D eigenvalue weighted by Crippen LogP contribution is 2.24. The summed E-state index contributed by atoms with van der Waals surface area (Å²) < 4.78 is 178. The molecule has 6 rings (SSSR count). The zero-order valence-electron chi connectivity index (χ0n) is 47.8. The van der Waals surface area contributed by atoms with Crippen molar-refractivity contribution in [3.63, 3.8) is 0 Å². The topological polar surface area (TPSA) is 242 Å². The molecule has 6 aromatic carbocycles. The van der Waals surface area contributed by atoms with Gasteiger partial charge in [0.1, 0.15) is 0 Å². The molecule has 24 heteroatoms. The van der Waals surface area contributed by atoms with E-state index in [4.69, 9.17) is 0 Å². The van der Waals surface area contributed by atoms with Crippen LogP contribution in [0.2, 0.25) is 0 Å². The number of rotatable bonds is 33. The molecule has 0 amide bonds. The maximum atomic E-state index is 14.3. The smallest absolute Gasteiger partial charge is 0.210 e. The van der Waals surface area contributed by atoms with Crippen molar-refractivity contribution in [1.82, 2.24) is 21.9 Å². The summed E-state index contributed by atoms with van der Waals surface area (Å²) >= 11 is 0. The van der Waals surface area contributed by atoms with E-state index in [-0.39, 0.29) is 81.7 Å². The van der Waals surface area contributed by atoms with Gasteiger partial charge >= 0.3 is 0 Å². The summed E-state index contributed by atoms with van der Waals surface area (Å²) in [7, 11) is -25.0. The maximum absolute atomic E-state index is 14.3. The Bertz CT molecular complexity index is 3820. The predicted molar refractivity (Wildman–Crippen MR) is 325 cm³/mol. The standard InChI is InChI=1S/C59H76N6O12S6/c1-48-14-26-54(27-15-48)78(66,67)60-38-42-64(82(74,75)58-34-22-52(5)23-35-58)46-44-62(80(70,71)56-30-18-50(3)19-31-56)40-12-10-8-7-9-11-13-41-63(81(72,73)57-32-20-51(4)21-33-57)45-47-65(83(76,77)59-36-24-53(6)25-37-59)43-39-61-79(68,69)55-28-16-49(2)17-29-55/h14-38,61H,7-13,39-47H2,1-6H3/b60-38+. The van der Waals surface area contributed by atoms with Gasteiger partial charge < -0.3 is 0 Å². The molecule has 0 radical (unpaired) electrons. The van der Waals surface area contributed by atoms with Crippen molar-refractivity contribution >= 4 is 66.4 Å². The summed E-state index contributed by atoms with van der Waals surface area (Å²) in [6, 6.07) is 37.4. The fraction of sp³-hybridized carbons (Fsp3) is 0.373. The Kier molecular flexibility index (Phi) is 23.7. The monoisotopic (exact) mass is 1250 g/mol. The third-order valence-electron chi connectivity index (χ3n) is 13.9. The first kappa shape index (κ1) is 66.6.